The first-order chi connectivity index (χ1) is 6.56. The van der Waals surface area contributed by atoms with Crippen molar-refractivity contribution in [2.75, 3.05) is 5.33 Å². The number of carbonyl (C=O) groups is 1. The average molecular weight is 257 g/mol. The average Bonchev–Trinajstić information content (AvgIpc) is 2.01. The largest absolute Gasteiger partial charge is 0.478 e. The van der Waals surface area contributed by atoms with Gasteiger partial charge in [-0.2, -0.15) is 0 Å². The lowest BCUT2D eigenvalue weighted by Crippen LogP contribution is -2.06. The molecule has 1 rings (SSSR count). The Labute approximate surface area is 92.1 Å². The number of aryl methyl sites for hydroxylation is 3. The van der Waals surface area contributed by atoms with Crippen LogP contribution in [0, 0.1) is 13.8 Å². The Morgan fingerprint density at radius 1 is 1.43 bits per heavy atom. The van der Waals surface area contributed by atoms with Gasteiger partial charge in [-0.1, -0.05) is 33.6 Å². The van der Waals surface area contributed by atoms with Crippen LogP contribution in [0.25, 0.3) is 0 Å². The number of hydrogen-bond donors (Lipinski definition) is 1. The minimum Gasteiger partial charge on any atom is -0.478 e. The molecule has 1 N–H and O–H groups in total. The molecule has 0 amide bonds. The number of benzene rings is 1. The fourth-order valence-corrected chi connectivity index (χ4v) is 2.09. The number of alkyl halides is 1. The molecule has 0 aliphatic heterocycles. The van der Waals surface area contributed by atoms with E-state index in [0.717, 1.165) is 28.4 Å². The molecule has 2 nitrogen and oxygen atoms in total. The fraction of sp³-hybridized carbons (Fsp3) is 0.364. The smallest absolute Gasteiger partial charge is 0.336 e. The summed E-state index contributed by atoms with van der Waals surface area (Å²) >= 11 is 3.33. The van der Waals surface area contributed by atoms with Gasteiger partial charge in [0.25, 0.3) is 0 Å². The molecule has 76 valence electrons. The lowest BCUT2D eigenvalue weighted by Gasteiger charge is -2.09. The van der Waals surface area contributed by atoms with Gasteiger partial charge in [0.05, 0.1) is 5.56 Å². The minimum absolute atomic E-state index is 0.454. The monoisotopic (exact) mass is 256 g/mol. The number of carboxylic acid groups (broad SMARTS) is 1. The molecule has 0 spiro atoms. The van der Waals surface area contributed by atoms with Gasteiger partial charge >= 0.3 is 5.97 Å². The van der Waals surface area contributed by atoms with Crippen LogP contribution in [0.15, 0.2) is 12.1 Å². The van der Waals surface area contributed by atoms with Crippen molar-refractivity contribution < 1.29 is 9.90 Å². The van der Waals surface area contributed by atoms with Crippen LogP contribution in [0.1, 0.15) is 27.0 Å². The van der Waals surface area contributed by atoms with Crippen molar-refractivity contribution in [3.05, 3.63) is 34.4 Å². The molecule has 0 saturated carbocycles. The second-order valence-corrected chi connectivity index (χ2v) is 4.15. The minimum atomic E-state index is -0.835. The molecule has 1 aromatic carbocycles. The molecule has 14 heavy (non-hydrogen) atoms. The highest BCUT2D eigenvalue weighted by Gasteiger charge is 2.12. The van der Waals surface area contributed by atoms with Gasteiger partial charge in [0.2, 0.25) is 0 Å². The summed E-state index contributed by atoms with van der Waals surface area (Å²) in [4.78, 5) is 11.0. The van der Waals surface area contributed by atoms with E-state index in [1.54, 1.807) is 0 Å². The number of hydrogen-bond acceptors (Lipinski definition) is 1. The van der Waals surface area contributed by atoms with Crippen molar-refractivity contribution in [1.29, 1.82) is 0 Å². The summed E-state index contributed by atoms with van der Waals surface area (Å²) in [6.07, 6.45) is 0.754. The lowest BCUT2D eigenvalue weighted by atomic mass is 9.97. The molecule has 0 atom stereocenters. The Kier molecular flexibility index (Phi) is 3.69. The first-order valence-corrected chi connectivity index (χ1v) is 5.57. The third-order valence-electron chi connectivity index (χ3n) is 2.14. The van der Waals surface area contributed by atoms with Gasteiger partial charge in [-0.25, -0.2) is 4.79 Å². The number of halogens is 1. The second-order valence-electron chi connectivity index (χ2n) is 3.36. The van der Waals surface area contributed by atoms with Gasteiger partial charge in [-0.05, 0) is 31.4 Å². The normalized spacial score (nSPS) is 10.2. The SMILES string of the molecule is Cc1cc(C)c(C(=O)O)c(CCBr)c1. The number of carboxylic acids is 1. The first kappa shape index (κ1) is 11.2. The quantitative estimate of drug-likeness (QED) is 0.845. The van der Waals surface area contributed by atoms with E-state index in [1.165, 1.54) is 0 Å². The van der Waals surface area contributed by atoms with Gasteiger partial charge in [-0.3, -0.25) is 0 Å². The van der Waals surface area contributed by atoms with Crippen molar-refractivity contribution in [3.8, 4) is 0 Å². The van der Waals surface area contributed by atoms with Crippen molar-refractivity contribution in [2.45, 2.75) is 20.3 Å². The van der Waals surface area contributed by atoms with E-state index in [-0.39, 0.29) is 0 Å². The molecule has 0 saturated heterocycles. The maximum absolute atomic E-state index is 11.0. The highest BCUT2D eigenvalue weighted by Crippen LogP contribution is 2.18. The molecule has 0 aliphatic carbocycles. The molecule has 0 unspecified atom stereocenters. The number of rotatable bonds is 3. The highest BCUT2D eigenvalue weighted by molar-refractivity contribution is 9.09. The van der Waals surface area contributed by atoms with Crippen molar-refractivity contribution in [3.63, 3.8) is 0 Å². The maximum Gasteiger partial charge on any atom is 0.336 e. The van der Waals surface area contributed by atoms with E-state index in [9.17, 15) is 4.79 Å². The molecule has 0 bridgehead atoms. The first-order valence-electron chi connectivity index (χ1n) is 4.45. The van der Waals surface area contributed by atoms with E-state index in [4.69, 9.17) is 5.11 Å². The van der Waals surface area contributed by atoms with Crippen LogP contribution in [-0.4, -0.2) is 16.4 Å². The standard InChI is InChI=1S/C11H13BrO2/c1-7-5-8(2)10(11(13)14)9(6-7)3-4-12/h5-6H,3-4H2,1-2H3,(H,13,14). The Hall–Kier alpha value is -0.830. The lowest BCUT2D eigenvalue weighted by molar-refractivity contribution is 0.0695. The molecular weight excluding hydrogens is 244 g/mol. The summed E-state index contributed by atoms with van der Waals surface area (Å²) in [5.74, 6) is -0.835. The van der Waals surface area contributed by atoms with E-state index < -0.39 is 5.97 Å². The maximum atomic E-state index is 11.0. The van der Waals surface area contributed by atoms with Gasteiger partial charge < -0.3 is 5.11 Å². The highest BCUT2D eigenvalue weighted by atomic mass is 79.9. The molecule has 0 aromatic heterocycles. The third kappa shape index (κ3) is 2.35. The summed E-state index contributed by atoms with van der Waals surface area (Å²) in [6, 6.07) is 3.85. The number of aromatic carboxylic acids is 1. The van der Waals surface area contributed by atoms with E-state index in [0.29, 0.717) is 5.56 Å². The molecule has 1 aromatic rings. The molecule has 0 aliphatic rings. The Morgan fingerprint density at radius 3 is 2.57 bits per heavy atom. The molecule has 3 heteroatoms. The van der Waals surface area contributed by atoms with Gasteiger partial charge in [-0.15, -0.1) is 0 Å². The predicted molar refractivity (Wildman–Crippen MR) is 60.4 cm³/mol. The van der Waals surface area contributed by atoms with Crippen LogP contribution >= 0.6 is 15.9 Å². The fourth-order valence-electron chi connectivity index (χ4n) is 1.66. The van der Waals surface area contributed by atoms with Crippen molar-refractivity contribution >= 4 is 21.9 Å². The van der Waals surface area contributed by atoms with Crippen LogP contribution in [0.2, 0.25) is 0 Å². The summed E-state index contributed by atoms with van der Waals surface area (Å²) in [7, 11) is 0. The van der Waals surface area contributed by atoms with Crippen LogP contribution in [0.4, 0.5) is 0 Å². The summed E-state index contributed by atoms with van der Waals surface area (Å²) < 4.78 is 0. The zero-order chi connectivity index (χ0) is 10.7. The van der Waals surface area contributed by atoms with E-state index in [1.807, 2.05) is 26.0 Å². The zero-order valence-corrected chi connectivity index (χ0v) is 9.89. The van der Waals surface area contributed by atoms with Crippen molar-refractivity contribution in [1.82, 2.24) is 0 Å². The predicted octanol–water partition coefficient (Wildman–Crippen LogP) is 2.94. The third-order valence-corrected chi connectivity index (χ3v) is 2.54. The molecule has 0 heterocycles. The zero-order valence-electron chi connectivity index (χ0n) is 8.30. The van der Waals surface area contributed by atoms with Crippen LogP contribution in [0.3, 0.4) is 0 Å². The topological polar surface area (TPSA) is 37.3 Å². The summed E-state index contributed by atoms with van der Waals surface area (Å²) in [6.45, 7) is 3.82. The molecular formula is C11H13BrO2. The Balaban J connectivity index is 3.28. The second kappa shape index (κ2) is 4.60. The van der Waals surface area contributed by atoms with Gasteiger partial charge in [0.1, 0.15) is 0 Å². The van der Waals surface area contributed by atoms with Crippen LogP contribution < -0.4 is 0 Å². The van der Waals surface area contributed by atoms with Gasteiger partial charge in [0.15, 0.2) is 0 Å². The Bertz CT molecular complexity index is 359. The summed E-state index contributed by atoms with van der Waals surface area (Å²) in [5.41, 5.74) is 3.32. The van der Waals surface area contributed by atoms with Crippen molar-refractivity contribution in [2.24, 2.45) is 0 Å². The summed E-state index contributed by atoms with van der Waals surface area (Å²) in [5, 5.41) is 9.84. The van der Waals surface area contributed by atoms with E-state index in [2.05, 4.69) is 15.9 Å². The van der Waals surface area contributed by atoms with Crippen LogP contribution in [-0.2, 0) is 6.42 Å². The van der Waals surface area contributed by atoms with Crippen LogP contribution in [0.5, 0.6) is 0 Å². The molecule has 0 fully saturated rings. The van der Waals surface area contributed by atoms with Gasteiger partial charge in [0, 0.05) is 5.33 Å². The Morgan fingerprint density at radius 2 is 2.07 bits per heavy atom. The van der Waals surface area contributed by atoms with E-state index >= 15 is 0 Å². The molecule has 0 radical (unpaired) electrons.